The summed E-state index contributed by atoms with van der Waals surface area (Å²) >= 11 is 1.87. The molecule has 28 heavy (non-hydrogen) atoms. The summed E-state index contributed by atoms with van der Waals surface area (Å²) < 4.78 is 3.65. The minimum absolute atomic E-state index is 0.281. The predicted molar refractivity (Wildman–Crippen MR) is 122 cm³/mol. The molecule has 4 rings (SSSR count). The first kappa shape index (κ1) is 18.9. The van der Waals surface area contributed by atoms with Gasteiger partial charge in [0.2, 0.25) is 5.52 Å². The number of fused-ring (bicyclic) bond motifs is 1. The van der Waals surface area contributed by atoms with Gasteiger partial charge in [-0.05, 0) is 48.0 Å². The molecule has 3 aromatic rings. The van der Waals surface area contributed by atoms with Gasteiger partial charge in [-0.1, -0.05) is 85.4 Å². The van der Waals surface area contributed by atoms with Crippen molar-refractivity contribution in [3.8, 4) is 0 Å². The van der Waals surface area contributed by atoms with E-state index in [0.717, 1.165) is 12.8 Å². The van der Waals surface area contributed by atoms with Crippen LogP contribution in [0.3, 0.4) is 0 Å². The maximum Gasteiger partial charge on any atom is 0.262 e. The number of aromatic nitrogens is 1. The van der Waals surface area contributed by atoms with E-state index in [2.05, 4.69) is 105 Å². The largest absolute Gasteiger partial charge is 0.262 e. The van der Waals surface area contributed by atoms with Gasteiger partial charge in [0.15, 0.2) is 0 Å². The lowest BCUT2D eigenvalue weighted by molar-refractivity contribution is -0.642. The zero-order valence-corrected chi connectivity index (χ0v) is 18.0. The van der Waals surface area contributed by atoms with Crippen LogP contribution in [0.25, 0.3) is 22.4 Å². The molecule has 2 heteroatoms. The third kappa shape index (κ3) is 4.18. The Balaban J connectivity index is 1.67. The number of benzene rings is 2. The highest BCUT2D eigenvalue weighted by molar-refractivity contribution is 7.18. The molecule has 0 bridgehead atoms. The Morgan fingerprint density at radius 2 is 1.71 bits per heavy atom. The van der Waals surface area contributed by atoms with Crippen LogP contribution in [0.5, 0.6) is 0 Å². The molecule has 0 N–H and O–H groups in total. The van der Waals surface area contributed by atoms with Crippen LogP contribution in [0.15, 0.2) is 71.8 Å². The lowest BCUT2D eigenvalue weighted by atomic mass is 9.75. The Kier molecular flexibility index (Phi) is 5.07. The topological polar surface area (TPSA) is 3.88 Å². The van der Waals surface area contributed by atoms with Crippen molar-refractivity contribution in [2.45, 2.75) is 33.6 Å². The van der Waals surface area contributed by atoms with Gasteiger partial charge in [-0.25, -0.2) is 0 Å². The van der Waals surface area contributed by atoms with E-state index in [4.69, 9.17) is 0 Å². The third-order valence-electron chi connectivity index (χ3n) is 5.38. The van der Waals surface area contributed by atoms with E-state index in [9.17, 15) is 0 Å². The fourth-order valence-corrected chi connectivity index (χ4v) is 5.12. The van der Waals surface area contributed by atoms with Crippen LogP contribution < -0.4 is 4.57 Å². The highest BCUT2D eigenvalue weighted by Gasteiger charge is 2.25. The Morgan fingerprint density at radius 1 is 0.964 bits per heavy atom. The van der Waals surface area contributed by atoms with Gasteiger partial charge in [0.25, 0.3) is 5.01 Å². The van der Waals surface area contributed by atoms with Gasteiger partial charge < -0.3 is 0 Å². The first-order valence-electron chi connectivity index (χ1n) is 9.93. The number of para-hydroxylation sites is 1. The molecular formula is C26H28NS+. The highest BCUT2D eigenvalue weighted by Crippen LogP contribution is 2.39. The number of hydrogen-bond acceptors (Lipinski definition) is 1. The molecule has 0 saturated carbocycles. The van der Waals surface area contributed by atoms with Gasteiger partial charge >= 0.3 is 0 Å². The Bertz CT molecular complexity index is 1090. The van der Waals surface area contributed by atoms with E-state index in [0.29, 0.717) is 0 Å². The standard InChI is InChI=1S/C26H28NS/c1-19-9-11-20(12-10-19)13-14-21-15-22(18-26(2,3)17-21)16-25-27(4)23-7-5-6-8-24(23)28-25/h5-16H,17-18H2,1-4H3/q+1/b14-13?,22-16+. The molecule has 0 unspecified atom stereocenters. The van der Waals surface area contributed by atoms with Crippen molar-refractivity contribution in [3.63, 3.8) is 0 Å². The smallest absolute Gasteiger partial charge is 0.185 e. The summed E-state index contributed by atoms with van der Waals surface area (Å²) in [6.45, 7) is 6.88. The molecule has 1 aromatic heterocycles. The van der Waals surface area contributed by atoms with E-state index < -0.39 is 0 Å². The Morgan fingerprint density at radius 3 is 2.46 bits per heavy atom. The van der Waals surface area contributed by atoms with E-state index in [1.165, 1.54) is 37.5 Å². The summed E-state index contributed by atoms with van der Waals surface area (Å²) in [5.41, 5.74) is 6.97. The van der Waals surface area contributed by atoms with E-state index in [-0.39, 0.29) is 5.41 Å². The molecule has 0 fully saturated rings. The van der Waals surface area contributed by atoms with Crippen LogP contribution in [-0.2, 0) is 7.05 Å². The molecular weight excluding hydrogens is 358 g/mol. The third-order valence-corrected chi connectivity index (χ3v) is 6.55. The van der Waals surface area contributed by atoms with Crippen molar-refractivity contribution in [1.29, 1.82) is 0 Å². The van der Waals surface area contributed by atoms with Crippen molar-refractivity contribution < 1.29 is 4.57 Å². The molecule has 2 aromatic carbocycles. The first-order chi connectivity index (χ1) is 13.4. The molecule has 0 saturated heterocycles. The number of hydrogen-bond donors (Lipinski definition) is 0. The predicted octanol–water partition coefficient (Wildman–Crippen LogP) is 6.88. The molecule has 1 aliphatic rings. The zero-order valence-electron chi connectivity index (χ0n) is 17.2. The first-order valence-corrected chi connectivity index (χ1v) is 10.7. The van der Waals surface area contributed by atoms with Crippen LogP contribution in [0.4, 0.5) is 0 Å². The van der Waals surface area contributed by atoms with Crippen molar-refractivity contribution in [3.05, 3.63) is 88.0 Å². The van der Waals surface area contributed by atoms with Crippen molar-refractivity contribution in [2.24, 2.45) is 12.5 Å². The number of nitrogens with zero attached hydrogens (tertiary/aromatic N) is 1. The molecule has 1 aliphatic carbocycles. The van der Waals surface area contributed by atoms with Gasteiger partial charge in [0, 0.05) is 12.1 Å². The molecule has 0 amide bonds. The quantitative estimate of drug-likeness (QED) is 0.432. The summed E-state index contributed by atoms with van der Waals surface area (Å²) in [6.07, 6.45) is 11.5. The van der Waals surface area contributed by atoms with E-state index >= 15 is 0 Å². The Hall–Kier alpha value is -2.45. The average Bonchev–Trinajstić information content (AvgIpc) is 2.96. The normalized spacial score (nSPS) is 18.1. The van der Waals surface area contributed by atoms with Crippen molar-refractivity contribution in [2.75, 3.05) is 0 Å². The maximum absolute atomic E-state index is 2.39. The van der Waals surface area contributed by atoms with Crippen LogP contribution in [0.1, 0.15) is 42.8 Å². The maximum atomic E-state index is 2.39. The zero-order chi connectivity index (χ0) is 19.7. The lowest BCUT2D eigenvalue weighted by Crippen LogP contribution is -2.29. The van der Waals surface area contributed by atoms with Crippen molar-refractivity contribution >= 4 is 33.7 Å². The molecule has 1 heterocycles. The molecule has 0 atom stereocenters. The summed E-state index contributed by atoms with van der Waals surface area (Å²) in [6, 6.07) is 17.4. The van der Waals surface area contributed by atoms with Gasteiger partial charge in [0.1, 0.15) is 11.7 Å². The fourth-order valence-electron chi connectivity index (χ4n) is 3.99. The number of thiazole rings is 1. The fraction of sp³-hybridized carbons (Fsp3) is 0.269. The highest BCUT2D eigenvalue weighted by atomic mass is 32.1. The Labute approximate surface area is 172 Å². The summed E-state index contributed by atoms with van der Waals surface area (Å²) in [5.74, 6) is 0. The second-order valence-corrected chi connectivity index (χ2v) is 9.73. The number of rotatable bonds is 3. The second-order valence-electron chi connectivity index (χ2n) is 8.67. The van der Waals surface area contributed by atoms with E-state index in [1.54, 1.807) is 0 Å². The minimum Gasteiger partial charge on any atom is -0.185 e. The second kappa shape index (κ2) is 7.52. The summed E-state index contributed by atoms with van der Waals surface area (Å²) in [7, 11) is 2.17. The summed E-state index contributed by atoms with van der Waals surface area (Å²) in [5, 5.41) is 1.31. The molecule has 0 aliphatic heterocycles. The monoisotopic (exact) mass is 386 g/mol. The van der Waals surface area contributed by atoms with Crippen LogP contribution in [-0.4, -0.2) is 0 Å². The average molecular weight is 387 g/mol. The van der Waals surface area contributed by atoms with Crippen LogP contribution >= 0.6 is 11.3 Å². The molecule has 0 radical (unpaired) electrons. The molecule has 1 nitrogen and oxygen atoms in total. The van der Waals surface area contributed by atoms with E-state index in [1.807, 2.05) is 11.3 Å². The van der Waals surface area contributed by atoms with Gasteiger partial charge in [-0.2, -0.15) is 4.57 Å². The lowest BCUT2D eigenvalue weighted by Gasteiger charge is -2.30. The number of aryl methyl sites for hydroxylation is 2. The van der Waals surface area contributed by atoms with Gasteiger partial charge in [-0.3, -0.25) is 0 Å². The van der Waals surface area contributed by atoms with Gasteiger partial charge in [-0.15, -0.1) is 0 Å². The minimum atomic E-state index is 0.281. The molecule has 0 spiro atoms. The SMILES string of the molecule is Cc1ccc(C=CC2=C/C(=C\c3sc4ccccc4[n+]3C)CC(C)(C)C2)cc1. The molecule has 142 valence electrons. The van der Waals surface area contributed by atoms with Gasteiger partial charge in [0.05, 0.1) is 0 Å². The summed E-state index contributed by atoms with van der Waals surface area (Å²) in [4.78, 5) is 0. The number of allylic oxidation sites excluding steroid dienone is 4. The van der Waals surface area contributed by atoms with Crippen molar-refractivity contribution in [1.82, 2.24) is 0 Å². The van der Waals surface area contributed by atoms with Crippen LogP contribution in [0, 0.1) is 12.3 Å². The van der Waals surface area contributed by atoms with Crippen LogP contribution in [0.2, 0.25) is 0 Å².